The summed E-state index contributed by atoms with van der Waals surface area (Å²) in [5.41, 5.74) is 4.77. The Balaban J connectivity index is 0. The zero-order valence-corrected chi connectivity index (χ0v) is 27.1. The third kappa shape index (κ3) is 10.9. The maximum atomic E-state index is 2.63. The molecular formula is C29H47Cl3SiTi. The number of benzene rings is 1. The molecule has 1 aliphatic carbocycles. The monoisotopic (exact) mass is 576 g/mol. The summed E-state index contributed by atoms with van der Waals surface area (Å²) in [5, 5.41) is 1.67. The fraction of sp³-hybridized carbons (Fsp3) is 0.655. The number of allylic oxidation sites excluding steroid dienone is 4. The van der Waals surface area contributed by atoms with E-state index >= 15 is 0 Å². The van der Waals surface area contributed by atoms with Gasteiger partial charge in [0.05, 0.1) is 0 Å². The molecule has 0 radical (unpaired) electrons. The minimum absolute atomic E-state index is 0. The van der Waals surface area contributed by atoms with Gasteiger partial charge in [0.2, 0.25) is 0 Å². The Kier molecular flexibility index (Phi) is 20.2. The van der Waals surface area contributed by atoms with Crippen LogP contribution in [0, 0.1) is 0 Å². The van der Waals surface area contributed by atoms with E-state index in [1.807, 2.05) is 0 Å². The van der Waals surface area contributed by atoms with Crippen LogP contribution >= 0.6 is 0 Å². The molecule has 1 aliphatic rings. The molecule has 0 N–H and O–H groups in total. The van der Waals surface area contributed by atoms with Crippen molar-refractivity contribution in [2.24, 2.45) is 0 Å². The minimum Gasteiger partial charge on any atom is -1.00 e. The second-order valence-electron chi connectivity index (χ2n) is 10.3. The Morgan fingerprint density at radius 1 is 0.676 bits per heavy atom. The van der Waals surface area contributed by atoms with Gasteiger partial charge in [-0.2, -0.15) is 0 Å². The van der Waals surface area contributed by atoms with Crippen LogP contribution in [0.3, 0.4) is 0 Å². The van der Waals surface area contributed by atoms with Crippen molar-refractivity contribution in [3.8, 4) is 0 Å². The number of unbranched alkanes of at least 4 members (excludes halogenated alkanes) is 7. The molecule has 0 bridgehead atoms. The van der Waals surface area contributed by atoms with Crippen LogP contribution in [0.15, 0.2) is 42.0 Å². The van der Waals surface area contributed by atoms with Crippen LogP contribution in [0.25, 0.3) is 0 Å². The van der Waals surface area contributed by atoms with Crippen molar-refractivity contribution in [2.45, 2.75) is 121 Å². The van der Waals surface area contributed by atoms with E-state index in [-0.39, 0.29) is 40.6 Å². The predicted molar refractivity (Wildman–Crippen MR) is 139 cm³/mol. The Morgan fingerprint density at radius 2 is 1.18 bits per heavy atom. The van der Waals surface area contributed by atoms with Crippen molar-refractivity contribution in [3.63, 3.8) is 0 Å². The van der Waals surface area contributed by atoms with E-state index in [1.165, 1.54) is 83.5 Å². The maximum Gasteiger partial charge on any atom is -1.00 e. The molecule has 0 heterocycles. The molecule has 0 aromatic heterocycles. The summed E-state index contributed by atoms with van der Waals surface area (Å²) >= 11 is 2.50. The van der Waals surface area contributed by atoms with Gasteiger partial charge in [-0.3, -0.25) is 0 Å². The van der Waals surface area contributed by atoms with Crippen molar-refractivity contribution in [3.05, 3.63) is 53.1 Å². The van der Waals surface area contributed by atoms with Crippen LogP contribution < -0.4 is 42.4 Å². The van der Waals surface area contributed by atoms with Crippen LogP contribution in [0.2, 0.25) is 16.4 Å². The molecule has 0 saturated heterocycles. The summed E-state index contributed by atoms with van der Waals surface area (Å²) < 4.78 is 0.233. The third-order valence-corrected chi connectivity index (χ3v) is 14.8. The Morgan fingerprint density at radius 3 is 1.65 bits per heavy atom. The van der Waals surface area contributed by atoms with Crippen molar-refractivity contribution in [1.29, 1.82) is 0 Å². The van der Waals surface area contributed by atoms with Crippen molar-refractivity contribution in [1.82, 2.24) is 0 Å². The molecule has 1 aromatic carbocycles. The normalized spacial score (nSPS) is 17.0. The molecule has 0 fully saturated rings. The van der Waals surface area contributed by atoms with Crippen LogP contribution in [-0.2, 0) is 33.3 Å². The van der Waals surface area contributed by atoms with E-state index in [9.17, 15) is 0 Å². The predicted octanol–water partition coefficient (Wildman–Crippen LogP) is -0.209. The van der Waals surface area contributed by atoms with Crippen LogP contribution in [-0.4, -0.2) is 8.07 Å². The second-order valence-corrected chi connectivity index (χ2v) is 17.0. The molecule has 34 heavy (non-hydrogen) atoms. The first-order valence-corrected chi connectivity index (χ1v) is 16.9. The Bertz CT molecular complexity index is 715. The van der Waals surface area contributed by atoms with E-state index in [0.29, 0.717) is 0 Å². The van der Waals surface area contributed by atoms with Gasteiger partial charge in [-0.1, -0.05) is 0 Å². The first-order chi connectivity index (χ1) is 14.9. The molecule has 0 nitrogen and oxygen atoms in total. The molecule has 0 aliphatic heterocycles. The quantitative estimate of drug-likeness (QED) is 0.200. The molecule has 1 unspecified atom stereocenters. The van der Waals surface area contributed by atoms with E-state index in [4.69, 9.17) is 0 Å². The molecule has 192 valence electrons. The van der Waals surface area contributed by atoms with Gasteiger partial charge < -0.3 is 37.2 Å². The molecular weight excluding hydrogens is 531 g/mol. The van der Waals surface area contributed by atoms with E-state index in [2.05, 4.69) is 90.7 Å². The summed E-state index contributed by atoms with van der Waals surface area (Å²) in [5.74, 6) is 0. The SMILES string of the molecule is CCCCCCc1cc(CCCCCC)cc([Si](C)(C)[C]2([Ti+3])C=CC(CCCC)=C2)c1.[Cl-].[Cl-].[Cl-]. The molecule has 5 heteroatoms. The fourth-order valence-corrected chi connectivity index (χ4v) is 8.43. The molecule has 0 saturated carbocycles. The van der Waals surface area contributed by atoms with E-state index in [0.717, 1.165) is 0 Å². The van der Waals surface area contributed by atoms with Gasteiger partial charge in [-0.25, -0.2) is 0 Å². The molecule has 1 aromatic rings. The largest absolute Gasteiger partial charge is 1.00 e. The maximum absolute atomic E-state index is 2.63. The summed E-state index contributed by atoms with van der Waals surface area (Å²) in [4.78, 5) is 0. The van der Waals surface area contributed by atoms with Gasteiger partial charge in [-0.05, 0) is 0 Å². The average Bonchev–Trinajstić information content (AvgIpc) is 3.15. The first-order valence-electron chi connectivity index (χ1n) is 13.2. The van der Waals surface area contributed by atoms with Crippen molar-refractivity contribution in [2.75, 3.05) is 0 Å². The number of rotatable bonds is 15. The van der Waals surface area contributed by atoms with Crippen LogP contribution in [0.4, 0.5) is 0 Å². The van der Waals surface area contributed by atoms with Gasteiger partial charge in [0.1, 0.15) is 0 Å². The Hall–Kier alpha value is 0.501. The topological polar surface area (TPSA) is 0 Å². The third-order valence-electron chi connectivity index (χ3n) is 7.24. The Labute approximate surface area is 243 Å². The van der Waals surface area contributed by atoms with Crippen molar-refractivity contribution < 1.29 is 57.7 Å². The zero-order valence-electron chi connectivity index (χ0n) is 22.3. The van der Waals surface area contributed by atoms with Gasteiger partial charge in [0.25, 0.3) is 0 Å². The van der Waals surface area contributed by atoms with E-state index < -0.39 is 8.07 Å². The van der Waals surface area contributed by atoms with Gasteiger partial charge in [0.15, 0.2) is 0 Å². The fourth-order valence-electron chi connectivity index (χ4n) is 4.72. The number of aryl methyl sites for hydroxylation is 2. The molecule has 1 atom stereocenters. The average molecular weight is 578 g/mol. The minimum atomic E-state index is -1.69. The smallest absolute Gasteiger partial charge is 1.00 e. The van der Waals surface area contributed by atoms with Crippen LogP contribution in [0.5, 0.6) is 0 Å². The zero-order chi connectivity index (χ0) is 22.7. The summed E-state index contributed by atoms with van der Waals surface area (Å²) in [6, 6.07) is 7.75. The van der Waals surface area contributed by atoms with Crippen molar-refractivity contribution >= 4 is 13.3 Å². The number of hydrogen-bond acceptors (Lipinski definition) is 0. The summed E-state index contributed by atoms with van der Waals surface area (Å²) in [6.07, 6.45) is 24.8. The molecule has 0 amide bonds. The molecule has 0 spiro atoms. The standard InChI is InChI=1S/C29H47Si.3ClH.Ti/c1-6-9-12-14-17-26-21-27(18-15-13-10-7-2)24-29(23-26)30(4,5)28-20-19-25(22-28)16-11-8-3;;;;/h19-24H,6-18H2,1-5H3;3*1H;/q;;;;+3/p-3. The number of hydrogen-bond donors (Lipinski definition) is 0. The van der Waals surface area contributed by atoms with Crippen LogP contribution in [0.1, 0.15) is 103 Å². The van der Waals surface area contributed by atoms with Gasteiger partial charge in [-0.15, -0.1) is 0 Å². The number of halogens is 3. The second kappa shape index (κ2) is 18.7. The van der Waals surface area contributed by atoms with Gasteiger partial charge >= 0.3 is 208 Å². The molecule has 2 rings (SSSR count). The van der Waals surface area contributed by atoms with E-state index in [1.54, 1.807) is 21.9 Å². The van der Waals surface area contributed by atoms with Gasteiger partial charge in [0, 0.05) is 0 Å². The summed E-state index contributed by atoms with van der Waals surface area (Å²) in [7, 11) is -1.69. The summed E-state index contributed by atoms with van der Waals surface area (Å²) in [6.45, 7) is 12.1. The first kappa shape index (κ1) is 36.7.